The number of nitro benzene ring substituents is 1. The van der Waals surface area contributed by atoms with Crippen molar-refractivity contribution in [3.05, 3.63) is 90.9 Å². The van der Waals surface area contributed by atoms with Crippen molar-refractivity contribution in [3.63, 3.8) is 0 Å². The molecule has 0 heterocycles. The van der Waals surface area contributed by atoms with Gasteiger partial charge in [-0.2, -0.15) is 5.26 Å². The number of amides is 1. The van der Waals surface area contributed by atoms with Gasteiger partial charge in [0.15, 0.2) is 11.5 Å². The predicted molar refractivity (Wildman–Crippen MR) is 144 cm³/mol. The van der Waals surface area contributed by atoms with Crippen LogP contribution in [-0.4, -0.2) is 30.5 Å². The average Bonchev–Trinajstić information content (AvgIpc) is 2.90. The fourth-order valence-corrected chi connectivity index (χ4v) is 3.90. The third-order valence-corrected chi connectivity index (χ3v) is 5.84. The molecule has 0 spiro atoms. The van der Waals surface area contributed by atoms with Gasteiger partial charge in [0, 0.05) is 12.1 Å². The standard InChI is InChI=1S/C26H19BrClN3O7/c1-3-37-23-12-15(11-20(27)24(23)38-26(33)16-4-7-19(36-2)8-5-16)10-17(14-29)25(32)30-22-9-6-18(31(34)35)13-21(22)28/h4-13H,3H2,1-2H3,(H,30,32)/b17-10+. The second kappa shape index (κ2) is 12.7. The summed E-state index contributed by atoms with van der Waals surface area (Å²) in [5, 5.41) is 22.9. The van der Waals surface area contributed by atoms with Crippen molar-refractivity contribution in [2.45, 2.75) is 6.92 Å². The molecule has 38 heavy (non-hydrogen) atoms. The van der Waals surface area contributed by atoms with Crippen LogP contribution in [0.25, 0.3) is 6.08 Å². The van der Waals surface area contributed by atoms with E-state index in [1.54, 1.807) is 37.3 Å². The third kappa shape index (κ3) is 6.88. The summed E-state index contributed by atoms with van der Waals surface area (Å²) in [6.07, 6.45) is 1.30. The number of halogens is 2. The fraction of sp³-hybridized carbons (Fsp3) is 0.115. The smallest absolute Gasteiger partial charge is 0.343 e. The zero-order chi connectivity index (χ0) is 27.8. The lowest BCUT2D eigenvalue weighted by Crippen LogP contribution is -2.14. The highest BCUT2D eigenvalue weighted by Gasteiger charge is 2.19. The van der Waals surface area contributed by atoms with Crippen LogP contribution in [0.5, 0.6) is 17.2 Å². The van der Waals surface area contributed by atoms with Gasteiger partial charge in [0.1, 0.15) is 17.4 Å². The summed E-state index contributed by atoms with van der Waals surface area (Å²) in [5.74, 6) is -0.513. The number of hydrogen-bond acceptors (Lipinski definition) is 8. The number of nitrogens with zero attached hydrogens (tertiary/aromatic N) is 2. The largest absolute Gasteiger partial charge is 0.497 e. The molecule has 10 nitrogen and oxygen atoms in total. The van der Waals surface area contributed by atoms with Crippen molar-refractivity contribution in [2.75, 3.05) is 19.0 Å². The van der Waals surface area contributed by atoms with Crippen molar-refractivity contribution < 1.29 is 28.7 Å². The Bertz CT molecular complexity index is 1470. The van der Waals surface area contributed by atoms with Crippen molar-refractivity contribution in [1.29, 1.82) is 5.26 Å². The Labute approximate surface area is 230 Å². The molecule has 1 amide bonds. The van der Waals surface area contributed by atoms with E-state index in [4.69, 9.17) is 25.8 Å². The molecule has 0 fully saturated rings. The van der Waals surface area contributed by atoms with Crippen LogP contribution >= 0.6 is 27.5 Å². The van der Waals surface area contributed by atoms with E-state index in [1.165, 1.54) is 31.4 Å². The van der Waals surface area contributed by atoms with E-state index in [1.807, 2.05) is 6.07 Å². The Morgan fingerprint density at radius 2 is 1.89 bits per heavy atom. The van der Waals surface area contributed by atoms with Crippen molar-refractivity contribution >= 4 is 56.9 Å². The first-order valence-corrected chi connectivity index (χ1v) is 12.0. The summed E-state index contributed by atoms with van der Waals surface area (Å²) in [6.45, 7) is 1.99. The third-order valence-electron chi connectivity index (χ3n) is 4.94. The minimum atomic E-state index is -0.785. The lowest BCUT2D eigenvalue weighted by atomic mass is 10.1. The highest BCUT2D eigenvalue weighted by Crippen LogP contribution is 2.38. The maximum Gasteiger partial charge on any atom is 0.343 e. The number of hydrogen-bond donors (Lipinski definition) is 1. The van der Waals surface area contributed by atoms with E-state index in [-0.39, 0.29) is 45.6 Å². The number of non-ortho nitro benzene ring substituents is 1. The molecule has 0 saturated carbocycles. The van der Waals surface area contributed by atoms with Crippen molar-refractivity contribution in [3.8, 4) is 23.3 Å². The molecular weight excluding hydrogens is 582 g/mol. The van der Waals surface area contributed by atoms with Gasteiger partial charge in [-0.15, -0.1) is 0 Å². The van der Waals surface area contributed by atoms with Gasteiger partial charge in [-0.05, 0) is 77.0 Å². The van der Waals surface area contributed by atoms with Crippen molar-refractivity contribution in [1.82, 2.24) is 0 Å². The van der Waals surface area contributed by atoms with E-state index in [9.17, 15) is 25.0 Å². The van der Waals surface area contributed by atoms with Gasteiger partial charge in [-0.1, -0.05) is 11.6 Å². The number of nitro groups is 1. The molecule has 0 aliphatic rings. The Balaban J connectivity index is 1.87. The molecule has 3 rings (SSSR count). The van der Waals surface area contributed by atoms with E-state index in [0.29, 0.717) is 15.8 Å². The van der Waals surface area contributed by atoms with Crippen LogP contribution in [0.3, 0.4) is 0 Å². The van der Waals surface area contributed by atoms with Crippen LogP contribution in [0, 0.1) is 21.4 Å². The number of nitriles is 1. The SMILES string of the molecule is CCOc1cc(/C=C(\C#N)C(=O)Nc2ccc([N+](=O)[O-])cc2Cl)cc(Br)c1OC(=O)c1ccc(OC)cc1. The Morgan fingerprint density at radius 3 is 2.47 bits per heavy atom. The second-order valence-corrected chi connectivity index (χ2v) is 8.69. The van der Waals surface area contributed by atoms with E-state index >= 15 is 0 Å². The lowest BCUT2D eigenvalue weighted by molar-refractivity contribution is -0.384. The molecule has 3 aromatic rings. The van der Waals surface area contributed by atoms with Gasteiger partial charge in [0.05, 0.1) is 39.4 Å². The molecule has 0 unspecified atom stereocenters. The molecule has 12 heteroatoms. The fourth-order valence-electron chi connectivity index (χ4n) is 3.14. The van der Waals surface area contributed by atoms with Crippen LogP contribution in [-0.2, 0) is 4.79 Å². The van der Waals surface area contributed by atoms with Gasteiger partial charge in [0.2, 0.25) is 0 Å². The minimum Gasteiger partial charge on any atom is -0.497 e. The number of nitrogens with one attached hydrogen (secondary N) is 1. The summed E-state index contributed by atoms with van der Waals surface area (Å²) >= 11 is 9.39. The van der Waals surface area contributed by atoms with Gasteiger partial charge in [0.25, 0.3) is 11.6 Å². The van der Waals surface area contributed by atoms with Gasteiger partial charge < -0.3 is 19.5 Å². The molecule has 0 bridgehead atoms. The first-order valence-electron chi connectivity index (χ1n) is 10.9. The minimum absolute atomic E-state index is 0.0609. The molecule has 0 aliphatic heterocycles. The van der Waals surface area contributed by atoms with Crippen LogP contribution in [0.15, 0.2) is 64.6 Å². The normalized spacial score (nSPS) is 10.8. The zero-order valence-electron chi connectivity index (χ0n) is 20.0. The lowest BCUT2D eigenvalue weighted by Gasteiger charge is -2.14. The van der Waals surface area contributed by atoms with E-state index in [0.717, 1.165) is 6.07 Å². The maximum absolute atomic E-state index is 12.7. The molecule has 194 valence electrons. The number of benzene rings is 3. The van der Waals surface area contributed by atoms with Gasteiger partial charge in [-0.25, -0.2) is 4.79 Å². The number of carbonyl (C=O) groups is 2. The zero-order valence-corrected chi connectivity index (χ0v) is 22.3. The first-order chi connectivity index (χ1) is 18.2. The van der Waals surface area contributed by atoms with E-state index < -0.39 is 16.8 Å². The number of anilines is 1. The van der Waals surface area contributed by atoms with Crippen LogP contribution in [0.1, 0.15) is 22.8 Å². The van der Waals surface area contributed by atoms with Crippen LogP contribution < -0.4 is 19.5 Å². The number of methoxy groups -OCH3 is 1. The predicted octanol–water partition coefficient (Wildman–Crippen LogP) is 6.18. The second-order valence-electron chi connectivity index (χ2n) is 7.43. The summed E-state index contributed by atoms with van der Waals surface area (Å²) in [4.78, 5) is 35.7. The van der Waals surface area contributed by atoms with Crippen molar-refractivity contribution in [2.24, 2.45) is 0 Å². The molecular formula is C26H19BrClN3O7. The highest BCUT2D eigenvalue weighted by atomic mass is 79.9. The summed E-state index contributed by atoms with van der Waals surface area (Å²) in [7, 11) is 1.51. The number of esters is 1. The highest BCUT2D eigenvalue weighted by molar-refractivity contribution is 9.10. The Kier molecular flexibility index (Phi) is 9.43. The van der Waals surface area contributed by atoms with Gasteiger partial charge >= 0.3 is 5.97 Å². The quantitative estimate of drug-likeness (QED) is 0.0766. The molecule has 0 aromatic heterocycles. The van der Waals surface area contributed by atoms with Gasteiger partial charge in [-0.3, -0.25) is 14.9 Å². The topological polar surface area (TPSA) is 141 Å². The summed E-state index contributed by atoms with van der Waals surface area (Å²) in [5.41, 5.74) is 0.255. The Hall–Kier alpha value is -4.40. The molecule has 3 aromatic carbocycles. The molecule has 0 atom stereocenters. The molecule has 0 radical (unpaired) electrons. The first kappa shape index (κ1) is 28.2. The van der Waals surface area contributed by atoms with Crippen LogP contribution in [0.4, 0.5) is 11.4 Å². The number of carbonyl (C=O) groups excluding carboxylic acids is 2. The monoisotopic (exact) mass is 599 g/mol. The molecule has 1 N–H and O–H groups in total. The number of rotatable bonds is 9. The Morgan fingerprint density at radius 1 is 1.18 bits per heavy atom. The summed E-state index contributed by atoms with van der Waals surface area (Å²) < 4.78 is 16.6. The van der Waals surface area contributed by atoms with Crippen LogP contribution in [0.2, 0.25) is 5.02 Å². The maximum atomic E-state index is 12.7. The number of ether oxygens (including phenoxy) is 3. The van der Waals surface area contributed by atoms with E-state index in [2.05, 4.69) is 21.2 Å². The molecule has 0 saturated heterocycles. The molecule has 0 aliphatic carbocycles. The average molecular weight is 601 g/mol. The summed E-state index contributed by atoms with van der Waals surface area (Å²) in [6, 6.07) is 14.8.